The van der Waals surface area contributed by atoms with Crippen molar-refractivity contribution >= 4 is 17.9 Å². The summed E-state index contributed by atoms with van der Waals surface area (Å²) in [7, 11) is 0. The predicted molar refractivity (Wildman–Crippen MR) is 57.7 cm³/mol. The van der Waals surface area contributed by atoms with Crippen LogP contribution in [-0.2, 0) is 28.6 Å². The van der Waals surface area contributed by atoms with Gasteiger partial charge in [0.1, 0.15) is 6.61 Å². The largest absolute Gasteiger partial charge is 0.462 e. The molecular formula is C11H16O6. The molecule has 0 aromatic rings. The molecule has 0 heterocycles. The fourth-order valence-electron chi connectivity index (χ4n) is 0.898. The van der Waals surface area contributed by atoms with E-state index in [2.05, 4.69) is 4.74 Å². The third-order valence-electron chi connectivity index (χ3n) is 1.61. The van der Waals surface area contributed by atoms with Crippen molar-refractivity contribution in [2.45, 2.75) is 34.0 Å². The van der Waals surface area contributed by atoms with Gasteiger partial charge in [-0.2, -0.15) is 0 Å². The molecule has 0 atom stereocenters. The highest BCUT2D eigenvalue weighted by Crippen LogP contribution is 2.09. The zero-order chi connectivity index (χ0) is 13.4. The van der Waals surface area contributed by atoms with E-state index in [1.54, 1.807) is 6.92 Å². The van der Waals surface area contributed by atoms with Crippen LogP contribution in [0.3, 0.4) is 0 Å². The van der Waals surface area contributed by atoms with E-state index in [0.717, 1.165) is 0 Å². The SMILES string of the molecule is CC(=O)OC/C=C(\C)C(OC(C)=O)OC(C)=O. The summed E-state index contributed by atoms with van der Waals surface area (Å²) < 4.78 is 14.3. The molecule has 0 N–H and O–H groups in total. The number of hydrogen-bond donors (Lipinski definition) is 0. The highest BCUT2D eigenvalue weighted by Gasteiger charge is 2.17. The van der Waals surface area contributed by atoms with Crippen molar-refractivity contribution in [1.82, 2.24) is 0 Å². The number of rotatable bonds is 5. The van der Waals surface area contributed by atoms with Crippen molar-refractivity contribution in [3.8, 4) is 0 Å². The lowest BCUT2D eigenvalue weighted by atomic mass is 10.3. The standard InChI is InChI=1S/C11H16O6/c1-7(5-6-15-8(2)12)11(16-9(3)13)17-10(4)14/h5,11H,6H2,1-4H3/b7-5+. The Balaban J connectivity index is 4.49. The number of esters is 3. The Morgan fingerprint density at radius 2 is 1.41 bits per heavy atom. The normalized spacial score (nSPS) is 11.0. The minimum absolute atomic E-state index is 0.0280. The molecule has 0 aliphatic rings. The molecule has 0 spiro atoms. The van der Waals surface area contributed by atoms with E-state index in [0.29, 0.717) is 5.57 Å². The summed E-state index contributed by atoms with van der Waals surface area (Å²) in [5.41, 5.74) is 0.469. The van der Waals surface area contributed by atoms with E-state index in [1.807, 2.05) is 0 Å². The third-order valence-corrected chi connectivity index (χ3v) is 1.61. The van der Waals surface area contributed by atoms with Gasteiger partial charge < -0.3 is 14.2 Å². The van der Waals surface area contributed by atoms with Gasteiger partial charge in [0.2, 0.25) is 0 Å². The minimum atomic E-state index is -1.08. The second-order valence-electron chi connectivity index (χ2n) is 3.30. The van der Waals surface area contributed by atoms with Crippen LogP contribution in [0.1, 0.15) is 27.7 Å². The van der Waals surface area contributed by atoms with Crippen LogP contribution in [0.25, 0.3) is 0 Å². The summed E-state index contributed by atoms with van der Waals surface area (Å²) in [6.07, 6.45) is 0.415. The van der Waals surface area contributed by atoms with Crippen molar-refractivity contribution in [2.24, 2.45) is 0 Å². The van der Waals surface area contributed by atoms with Crippen LogP contribution < -0.4 is 0 Å². The number of carbonyl (C=O) groups excluding carboxylic acids is 3. The fourth-order valence-corrected chi connectivity index (χ4v) is 0.898. The lowest BCUT2D eigenvalue weighted by Gasteiger charge is -2.17. The number of ether oxygens (including phenoxy) is 3. The molecule has 0 aromatic heterocycles. The molecule has 0 amide bonds. The Bertz CT molecular complexity index is 315. The molecule has 17 heavy (non-hydrogen) atoms. The molecule has 0 unspecified atom stereocenters. The van der Waals surface area contributed by atoms with Crippen molar-refractivity contribution in [3.63, 3.8) is 0 Å². The van der Waals surface area contributed by atoms with Gasteiger partial charge in [-0.3, -0.25) is 14.4 Å². The maximum atomic E-state index is 10.8. The molecule has 0 saturated heterocycles. The summed E-state index contributed by atoms with van der Waals surface area (Å²) in [4.78, 5) is 32.1. The first kappa shape index (κ1) is 15.2. The summed E-state index contributed by atoms with van der Waals surface area (Å²) in [5.74, 6) is -1.57. The van der Waals surface area contributed by atoms with E-state index < -0.39 is 24.2 Å². The maximum absolute atomic E-state index is 10.8. The van der Waals surface area contributed by atoms with Gasteiger partial charge in [-0.05, 0) is 13.0 Å². The Morgan fingerprint density at radius 3 is 1.76 bits per heavy atom. The van der Waals surface area contributed by atoms with E-state index >= 15 is 0 Å². The molecule has 0 aliphatic heterocycles. The summed E-state index contributed by atoms with van der Waals surface area (Å²) in [6.45, 7) is 5.31. The number of hydrogen-bond acceptors (Lipinski definition) is 6. The van der Waals surface area contributed by atoms with E-state index in [4.69, 9.17) is 9.47 Å². The Labute approximate surface area is 99.5 Å². The molecular weight excluding hydrogens is 228 g/mol. The van der Waals surface area contributed by atoms with Crippen LogP contribution in [0.4, 0.5) is 0 Å². The monoisotopic (exact) mass is 244 g/mol. The zero-order valence-electron chi connectivity index (χ0n) is 10.3. The van der Waals surface area contributed by atoms with Crippen molar-refractivity contribution in [2.75, 3.05) is 6.61 Å². The molecule has 96 valence electrons. The van der Waals surface area contributed by atoms with Gasteiger partial charge in [0.25, 0.3) is 6.29 Å². The molecule has 0 aromatic carbocycles. The van der Waals surface area contributed by atoms with E-state index in [1.165, 1.54) is 26.8 Å². The van der Waals surface area contributed by atoms with Gasteiger partial charge in [0.15, 0.2) is 0 Å². The molecule has 0 saturated carbocycles. The third kappa shape index (κ3) is 8.01. The van der Waals surface area contributed by atoms with Crippen LogP contribution >= 0.6 is 0 Å². The second kappa shape index (κ2) is 7.43. The Morgan fingerprint density at radius 1 is 0.941 bits per heavy atom. The number of carbonyl (C=O) groups is 3. The Hall–Kier alpha value is -1.85. The molecule has 6 heteroatoms. The summed E-state index contributed by atoms with van der Waals surface area (Å²) in [6, 6.07) is 0. The first-order chi connectivity index (χ1) is 7.82. The molecule has 0 bridgehead atoms. The smallest absolute Gasteiger partial charge is 0.305 e. The lowest BCUT2D eigenvalue weighted by Crippen LogP contribution is -2.24. The van der Waals surface area contributed by atoms with Gasteiger partial charge in [-0.25, -0.2) is 0 Å². The van der Waals surface area contributed by atoms with Crippen LogP contribution in [0.2, 0.25) is 0 Å². The quantitative estimate of drug-likeness (QED) is 0.407. The highest BCUT2D eigenvalue weighted by molar-refractivity contribution is 5.68. The average molecular weight is 244 g/mol. The van der Waals surface area contributed by atoms with Crippen LogP contribution in [0, 0.1) is 0 Å². The molecule has 0 fully saturated rings. The fraction of sp³-hybridized carbons (Fsp3) is 0.545. The summed E-state index contributed by atoms with van der Waals surface area (Å²) in [5, 5.41) is 0. The van der Waals surface area contributed by atoms with Gasteiger partial charge in [0, 0.05) is 26.3 Å². The topological polar surface area (TPSA) is 78.9 Å². The van der Waals surface area contributed by atoms with Crippen molar-refractivity contribution < 1.29 is 28.6 Å². The van der Waals surface area contributed by atoms with Gasteiger partial charge >= 0.3 is 17.9 Å². The van der Waals surface area contributed by atoms with Gasteiger partial charge in [-0.1, -0.05) is 0 Å². The van der Waals surface area contributed by atoms with Crippen LogP contribution in [0.5, 0.6) is 0 Å². The molecule has 0 rings (SSSR count). The van der Waals surface area contributed by atoms with E-state index in [9.17, 15) is 14.4 Å². The van der Waals surface area contributed by atoms with Crippen molar-refractivity contribution in [1.29, 1.82) is 0 Å². The second-order valence-corrected chi connectivity index (χ2v) is 3.30. The first-order valence-electron chi connectivity index (χ1n) is 4.97. The van der Waals surface area contributed by atoms with Gasteiger partial charge in [-0.15, -0.1) is 0 Å². The average Bonchev–Trinajstić information content (AvgIpc) is 2.14. The summed E-state index contributed by atoms with van der Waals surface area (Å²) >= 11 is 0. The molecule has 6 nitrogen and oxygen atoms in total. The maximum Gasteiger partial charge on any atom is 0.305 e. The lowest BCUT2D eigenvalue weighted by molar-refractivity contribution is -0.178. The van der Waals surface area contributed by atoms with Crippen LogP contribution in [-0.4, -0.2) is 30.8 Å². The minimum Gasteiger partial charge on any atom is -0.462 e. The van der Waals surface area contributed by atoms with Crippen LogP contribution in [0.15, 0.2) is 11.6 Å². The highest BCUT2D eigenvalue weighted by atomic mass is 16.7. The van der Waals surface area contributed by atoms with Crippen molar-refractivity contribution in [3.05, 3.63) is 11.6 Å². The van der Waals surface area contributed by atoms with Gasteiger partial charge in [0.05, 0.1) is 0 Å². The molecule has 0 radical (unpaired) electrons. The van der Waals surface area contributed by atoms with E-state index in [-0.39, 0.29) is 6.61 Å². The Kier molecular flexibility index (Phi) is 6.62. The first-order valence-corrected chi connectivity index (χ1v) is 4.97. The predicted octanol–water partition coefficient (Wildman–Crippen LogP) is 0.948. The molecule has 0 aliphatic carbocycles. The zero-order valence-corrected chi connectivity index (χ0v) is 10.3.